The molecule has 2 aromatic heterocycles. The summed E-state index contributed by atoms with van der Waals surface area (Å²) < 4.78 is 7.48. The van der Waals surface area contributed by atoms with E-state index < -0.39 is 0 Å². The summed E-state index contributed by atoms with van der Waals surface area (Å²) in [6.07, 6.45) is 8.21. The van der Waals surface area contributed by atoms with Gasteiger partial charge in [-0.25, -0.2) is 4.98 Å². The number of morpholine rings is 1. The van der Waals surface area contributed by atoms with Gasteiger partial charge < -0.3 is 14.5 Å². The summed E-state index contributed by atoms with van der Waals surface area (Å²) in [6.45, 7) is 4.94. The van der Waals surface area contributed by atoms with E-state index in [1.807, 2.05) is 24.4 Å². The Bertz CT molecular complexity index is 745. The summed E-state index contributed by atoms with van der Waals surface area (Å²) in [7, 11) is 0. The van der Waals surface area contributed by atoms with Crippen molar-refractivity contribution in [3.05, 3.63) is 35.9 Å². The molecule has 1 aliphatic carbocycles. The molecular formula is C20H28N4O2. The van der Waals surface area contributed by atoms with Crippen LogP contribution >= 0.6 is 0 Å². The quantitative estimate of drug-likeness (QED) is 0.894. The van der Waals surface area contributed by atoms with Gasteiger partial charge >= 0.3 is 0 Å². The summed E-state index contributed by atoms with van der Waals surface area (Å²) in [5, 5.41) is 3.06. The minimum absolute atomic E-state index is 0.0657. The van der Waals surface area contributed by atoms with Crippen LogP contribution in [0.3, 0.4) is 0 Å². The Balaban J connectivity index is 1.47. The van der Waals surface area contributed by atoms with Crippen LogP contribution in [-0.2, 0) is 4.74 Å². The maximum absolute atomic E-state index is 12.8. The fraction of sp³-hybridized carbons (Fsp3) is 0.600. The Morgan fingerprint density at radius 1 is 1.19 bits per heavy atom. The van der Waals surface area contributed by atoms with E-state index in [0.29, 0.717) is 18.2 Å². The zero-order valence-corrected chi connectivity index (χ0v) is 15.3. The van der Waals surface area contributed by atoms with Gasteiger partial charge in [0.15, 0.2) is 5.69 Å². The second kappa shape index (κ2) is 8.18. The number of hydrogen-bond donors (Lipinski definition) is 1. The lowest BCUT2D eigenvalue weighted by atomic mass is 9.89. The zero-order chi connectivity index (χ0) is 17.8. The molecule has 1 saturated heterocycles. The number of imidazole rings is 1. The molecule has 0 spiro atoms. The number of aromatic nitrogens is 2. The lowest BCUT2D eigenvalue weighted by molar-refractivity contribution is 0.0383. The van der Waals surface area contributed by atoms with Crippen LogP contribution in [0.4, 0.5) is 0 Å². The first-order valence-electron chi connectivity index (χ1n) is 9.88. The standard InChI is InChI=1S/C20H28N4O2/c25-20(21-9-11-23-12-14-26-15-13-23)18-17-8-4-5-10-24(17)19(22-18)16-6-2-1-3-7-16/h4-5,8,10,16H,1-3,6-7,9,11-15H2,(H,21,25). The van der Waals surface area contributed by atoms with E-state index in [0.717, 1.165) is 44.2 Å². The minimum atomic E-state index is -0.0657. The van der Waals surface area contributed by atoms with E-state index in [1.165, 1.54) is 32.1 Å². The van der Waals surface area contributed by atoms with E-state index in [9.17, 15) is 4.79 Å². The minimum Gasteiger partial charge on any atom is -0.379 e. The van der Waals surface area contributed by atoms with Gasteiger partial charge in [0.1, 0.15) is 5.82 Å². The molecule has 1 amide bonds. The first kappa shape index (κ1) is 17.5. The van der Waals surface area contributed by atoms with Gasteiger partial charge in [0.2, 0.25) is 0 Å². The van der Waals surface area contributed by atoms with Gasteiger partial charge in [0, 0.05) is 38.3 Å². The highest BCUT2D eigenvalue weighted by Crippen LogP contribution is 2.33. The van der Waals surface area contributed by atoms with Crippen molar-refractivity contribution in [2.75, 3.05) is 39.4 Å². The molecule has 2 fully saturated rings. The summed E-state index contributed by atoms with van der Waals surface area (Å²) >= 11 is 0. The number of nitrogens with one attached hydrogen (secondary N) is 1. The van der Waals surface area contributed by atoms with Gasteiger partial charge in [0.25, 0.3) is 5.91 Å². The van der Waals surface area contributed by atoms with Crippen LogP contribution in [0.2, 0.25) is 0 Å². The Morgan fingerprint density at radius 3 is 2.81 bits per heavy atom. The second-order valence-corrected chi connectivity index (χ2v) is 7.32. The van der Waals surface area contributed by atoms with Crippen LogP contribution in [0.25, 0.3) is 5.52 Å². The smallest absolute Gasteiger partial charge is 0.272 e. The fourth-order valence-electron chi connectivity index (χ4n) is 4.11. The molecule has 6 nitrogen and oxygen atoms in total. The van der Waals surface area contributed by atoms with Crippen LogP contribution in [0.15, 0.2) is 24.4 Å². The number of amides is 1. The molecule has 1 saturated carbocycles. The molecule has 4 rings (SSSR count). The lowest BCUT2D eigenvalue weighted by Gasteiger charge is -2.26. The van der Waals surface area contributed by atoms with Crippen molar-refractivity contribution in [2.24, 2.45) is 0 Å². The Morgan fingerprint density at radius 2 is 2.00 bits per heavy atom. The number of pyridine rings is 1. The van der Waals surface area contributed by atoms with Crippen molar-refractivity contribution in [1.29, 1.82) is 0 Å². The molecule has 0 atom stereocenters. The largest absolute Gasteiger partial charge is 0.379 e. The zero-order valence-electron chi connectivity index (χ0n) is 15.3. The van der Waals surface area contributed by atoms with Gasteiger partial charge in [-0.05, 0) is 25.0 Å². The predicted octanol–water partition coefficient (Wildman–Crippen LogP) is 2.44. The first-order chi connectivity index (χ1) is 12.8. The molecule has 0 aromatic carbocycles. The molecule has 26 heavy (non-hydrogen) atoms. The van der Waals surface area contributed by atoms with E-state index in [2.05, 4.69) is 14.6 Å². The molecule has 2 aliphatic rings. The summed E-state index contributed by atoms with van der Waals surface area (Å²) in [5.74, 6) is 1.45. The van der Waals surface area contributed by atoms with Crippen molar-refractivity contribution in [1.82, 2.24) is 19.6 Å². The Hall–Kier alpha value is -1.92. The highest BCUT2D eigenvalue weighted by molar-refractivity contribution is 5.99. The van der Waals surface area contributed by atoms with Gasteiger partial charge in [-0.2, -0.15) is 0 Å². The first-order valence-corrected chi connectivity index (χ1v) is 9.88. The average Bonchev–Trinajstić information content (AvgIpc) is 3.09. The number of ether oxygens (including phenoxy) is 1. The van der Waals surface area contributed by atoms with Gasteiger partial charge in [-0.3, -0.25) is 9.69 Å². The van der Waals surface area contributed by atoms with Crippen LogP contribution in [0.5, 0.6) is 0 Å². The lowest BCUT2D eigenvalue weighted by Crippen LogP contribution is -2.41. The van der Waals surface area contributed by atoms with Crippen molar-refractivity contribution in [3.63, 3.8) is 0 Å². The van der Waals surface area contributed by atoms with Crippen LogP contribution < -0.4 is 5.32 Å². The molecule has 140 valence electrons. The molecule has 3 heterocycles. The number of rotatable bonds is 5. The Labute approximate surface area is 154 Å². The summed E-state index contributed by atoms with van der Waals surface area (Å²) in [5.41, 5.74) is 1.48. The van der Waals surface area contributed by atoms with Gasteiger partial charge in [-0.1, -0.05) is 25.3 Å². The topological polar surface area (TPSA) is 58.9 Å². The molecule has 6 heteroatoms. The Kier molecular flexibility index (Phi) is 5.51. The highest BCUT2D eigenvalue weighted by Gasteiger charge is 2.24. The van der Waals surface area contributed by atoms with Gasteiger partial charge in [-0.15, -0.1) is 0 Å². The van der Waals surface area contributed by atoms with Crippen LogP contribution in [0.1, 0.15) is 54.3 Å². The summed E-state index contributed by atoms with van der Waals surface area (Å²) in [6, 6.07) is 5.99. The number of hydrogen-bond acceptors (Lipinski definition) is 4. The third-order valence-electron chi connectivity index (χ3n) is 5.58. The van der Waals surface area contributed by atoms with Crippen molar-refractivity contribution in [3.8, 4) is 0 Å². The van der Waals surface area contributed by atoms with Crippen LogP contribution in [-0.4, -0.2) is 59.6 Å². The van der Waals surface area contributed by atoms with E-state index in [4.69, 9.17) is 9.72 Å². The number of carbonyl (C=O) groups is 1. The third-order valence-corrected chi connectivity index (χ3v) is 5.58. The molecule has 0 bridgehead atoms. The molecule has 0 radical (unpaired) electrons. The van der Waals surface area contributed by atoms with E-state index >= 15 is 0 Å². The molecule has 1 N–H and O–H groups in total. The highest BCUT2D eigenvalue weighted by atomic mass is 16.5. The second-order valence-electron chi connectivity index (χ2n) is 7.32. The monoisotopic (exact) mass is 356 g/mol. The number of carbonyl (C=O) groups excluding carboxylic acids is 1. The fourth-order valence-corrected chi connectivity index (χ4v) is 4.11. The predicted molar refractivity (Wildman–Crippen MR) is 101 cm³/mol. The summed E-state index contributed by atoms with van der Waals surface area (Å²) in [4.78, 5) is 19.9. The average molecular weight is 356 g/mol. The van der Waals surface area contributed by atoms with E-state index in [-0.39, 0.29) is 5.91 Å². The SMILES string of the molecule is O=C(NCCN1CCOCC1)c1nc(C2CCCCC2)n2ccccc12. The maximum Gasteiger partial charge on any atom is 0.272 e. The van der Waals surface area contributed by atoms with Crippen molar-refractivity contribution >= 4 is 11.4 Å². The van der Waals surface area contributed by atoms with E-state index in [1.54, 1.807) is 0 Å². The normalized spacial score (nSPS) is 19.7. The van der Waals surface area contributed by atoms with Crippen molar-refractivity contribution < 1.29 is 9.53 Å². The number of nitrogens with zero attached hydrogens (tertiary/aromatic N) is 3. The molecular weight excluding hydrogens is 328 g/mol. The number of fused-ring (bicyclic) bond motifs is 1. The van der Waals surface area contributed by atoms with Crippen molar-refractivity contribution in [2.45, 2.75) is 38.0 Å². The van der Waals surface area contributed by atoms with Crippen LogP contribution in [0, 0.1) is 0 Å². The maximum atomic E-state index is 12.8. The molecule has 0 unspecified atom stereocenters. The molecule has 1 aliphatic heterocycles. The third kappa shape index (κ3) is 3.76. The molecule has 2 aromatic rings. The van der Waals surface area contributed by atoms with Gasteiger partial charge in [0.05, 0.1) is 18.7 Å².